The molecule has 2 aliphatic rings. The Labute approximate surface area is 157 Å². The van der Waals surface area contributed by atoms with Crippen molar-refractivity contribution >= 4 is 5.91 Å². The van der Waals surface area contributed by atoms with E-state index >= 15 is 0 Å². The average Bonchev–Trinajstić information content (AvgIpc) is 3.22. The number of nitrogens with one attached hydrogen (secondary N) is 1. The Hall–Kier alpha value is -2.42. The molecule has 0 aliphatic carbocycles. The molecule has 2 aromatic heterocycles. The molecule has 1 atom stereocenters. The quantitative estimate of drug-likeness (QED) is 0.837. The molecular weight excluding hydrogens is 346 g/mol. The van der Waals surface area contributed by atoms with Gasteiger partial charge in [0.2, 0.25) is 0 Å². The minimum Gasteiger partial charge on any atom is -0.337 e. The van der Waals surface area contributed by atoms with Gasteiger partial charge in [0.05, 0.1) is 0 Å². The number of aromatic nitrogens is 5. The van der Waals surface area contributed by atoms with Crippen LogP contribution in [0.4, 0.5) is 0 Å². The minimum absolute atomic E-state index is 0.0196. The Balaban J connectivity index is 1.57. The van der Waals surface area contributed by atoms with Crippen LogP contribution in [-0.4, -0.2) is 66.9 Å². The van der Waals surface area contributed by atoms with Crippen LogP contribution in [0.2, 0.25) is 0 Å². The number of likely N-dealkylation sites (N-methyl/N-ethyl adjacent to an activating group) is 1. The van der Waals surface area contributed by atoms with E-state index < -0.39 is 0 Å². The molecule has 0 bridgehead atoms. The van der Waals surface area contributed by atoms with E-state index in [9.17, 15) is 9.59 Å². The highest BCUT2D eigenvalue weighted by molar-refractivity contribution is 5.94. The zero-order chi connectivity index (χ0) is 19.1. The van der Waals surface area contributed by atoms with Gasteiger partial charge in [-0.1, -0.05) is 0 Å². The van der Waals surface area contributed by atoms with Crippen LogP contribution in [0.1, 0.15) is 53.3 Å². The van der Waals surface area contributed by atoms with Crippen molar-refractivity contribution < 1.29 is 4.79 Å². The lowest BCUT2D eigenvalue weighted by Crippen LogP contribution is -2.41. The first-order valence-electron chi connectivity index (χ1n) is 9.67. The molecular formula is C18H27N7O2. The summed E-state index contributed by atoms with van der Waals surface area (Å²) in [5.74, 6) is 0.842. The van der Waals surface area contributed by atoms with Crippen LogP contribution >= 0.6 is 0 Å². The smallest absolute Gasteiger partial charge is 0.337 e. The molecule has 2 aromatic rings. The van der Waals surface area contributed by atoms with Gasteiger partial charge in [0.15, 0.2) is 5.69 Å². The fourth-order valence-electron chi connectivity index (χ4n) is 4.25. The summed E-state index contributed by atoms with van der Waals surface area (Å²) in [6, 6.07) is 0. The van der Waals surface area contributed by atoms with Crippen LogP contribution in [0.15, 0.2) is 4.79 Å². The molecule has 2 aliphatic heterocycles. The third kappa shape index (κ3) is 3.09. The largest absolute Gasteiger partial charge is 0.345 e. The van der Waals surface area contributed by atoms with E-state index in [2.05, 4.69) is 27.2 Å². The molecule has 1 saturated heterocycles. The number of nitrogens with zero attached hydrogens (tertiary/aromatic N) is 6. The van der Waals surface area contributed by atoms with E-state index in [0.717, 1.165) is 56.0 Å². The Morgan fingerprint density at radius 3 is 2.89 bits per heavy atom. The molecule has 0 aromatic carbocycles. The maximum atomic E-state index is 13.2. The Kier molecular flexibility index (Phi) is 4.63. The van der Waals surface area contributed by atoms with Gasteiger partial charge < -0.3 is 9.80 Å². The first-order chi connectivity index (χ1) is 13.0. The molecule has 9 heteroatoms. The van der Waals surface area contributed by atoms with Gasteiger partial charge in [-0.15, -0.1) is 0 Å². The number of H-pyrrole nitrogens is 1. The highest BCUT2D eigenvalue weighted by Gasteiger charge is 2.32. The number of likely N-dealkylation sites (tertiary alicyclic amines) is 1. The monoisotopic (exact) mass is 373 g/mol. The second-order valence-electron chi connectivity index (χ2n) is 7.62. The Bertz CT molecular complexity index is 909. The number of fused-ring (bicyclic) bond motifs is 1. The predicted molar refractivity (Wildman–Crippen MR) is 99.6 cm³/mol. The molecule has 1 amide bonds. The summed E-state index contributed by atoms with van der Waals surface area (Å²) in [4.78, 5) is 29.5. The van der Waals surface area contributed by atoms with Crippen LogP contribution in [-0.2, 0) is 26.6 Å². The van der Waals surface area contributed by atoms with E-state index in [4.69, 9.17) is 0 Å². The Morgan fingerprint density at radius 1 is 1.30 bits per heavy atom. The van der Waals surface area contributed by atoms with E-state index in [-0.39, 0.29) is 17.5 Å². The molecule has 0 unspecified atom stereocenters. The second kappa shape index (κ2) is 6.95. The van der Waals surface area contributed by atoms with Crippen LogP contribution in [0.3, 0.4) is 0 Å². The fraction of sp³-hybridized carbons (Fsp3) is 0.667. The maximum absolute atomic E-state index is 13.2. The number of carbonyl (C=O) groups excluding carboxylic acids is 1. The van der Waals surface area contributed by atoms with Gasteiger partial charge in [0, 0.05) is 63.4 Å². The number of piperidine rings is 1. The van der Waals surface area contributed by atoms with Crippen LogP contribution in [0, 0.1) is 0 Å². The van der Waals surface area contributed by atoms with Crippen LogP contribution < -0.4 is 5.69 Å². The molecule has 1 fully saturated rings. The molecule has 1 N–H and O–H groups in total. The predicted octanol–water partition coefficient (Wildman–Crippen LogP) is 0.333. The van der Waals surface area contributed by atoms with Gasteiger partial charge in [-0.2, -0.15) is 10.2 Å². The number of aromatic amines is 1. The number of rotatable bonds is 3. The number of aryl methyl sites for hydroxylation is 1. The van der Waals surface area contributed by atoms with Crippen molar-refractivity contribution in [2.75, 3.05) is 26.7 Å². The van der Waals surface area contributed by atoms with Crippen molar-refractivity contribution in [2.24, 2.45) is 7.05 Å². The third-order valence-corrected chi connectivity index (χ3v) is 5.75. The number of hydrogen-bond donors (Lipinski definition) is 1. The molecule has 9 nitrogen and oxygen atoms in total. The zero-order valence-electron chi connectivity index (χ0n) is 16.2. The van der Waals surface area contributed by atoms with Crippen molar-refractivity contribution in [3.05, 3.63) is 33.3 Å². The van der Waals surface area contributed by atoms with Gasteiger partial charge in [-0.05, 0) is 26.8 Å². The first-order valence-corrected chi connectivity index (χ1v) is 9.67. The SMILES string of the molecule is CCn1c([C@@H]2CCCN(C(=O)c3n[nH]c4c3CN(C)CC4)C2)nn(C)c1=O. The topological polar surface area (TPSA) is 92.1 Å². The van der Waals surface area contributed by atoms with Crippen molar-refractivity contribution in [2.45, 2.75) is 45.2 Å². The average molecular weight is 373 g/mol. The van der Waals surface area contributed by atoms with Gasteiger partial charge in [0.25, 0.3) is 5.91 Å². The van der Waals surface area contributed by atoms with Crippen LogP contribution in [0.25, 0.3) is 0 Å². The highest BCUT2D eigenvalue weighted by Crippen LogP contribution is 2.27. The van der Waals surface area contributed by atoms with Crippen molar-refractivity contribution in [3.63, 3.8) is 0 Å². The normalized spacial score (nSPS) is 20.7. The van der Waals surface area contributed by atoms with E-state index in [1.54, 1.807) is 11.6 Å². The summed E-state index contributed by atoms with van der Waals surface area (Å²) in [5.41, 5.74) is 2.56. The summed E-state index contributed by atoms with van der Waals surface area (Å²) in [7, 11) is 3.74. The second-order valence-corrected chi connectivity index (χ2v) is 7.62. The standard InChI is InChI=1S/C18H27N7O2/c1-4-25-16(21-23(3)18(25)27)12-6-5-8-24(10-12)17(26)15-13-11-22(2)9-7-14(13)19-20-15/h12H,4-11H2,1-3H3,(H,19,20)/t12-/m1/s1. The van der Waals surface area contributed by atoms with Crippen molar-refractivity contribution in [1.82, 2.24) is 34.3 Å². The van der Waals surface area contributed by atoms with Crippen molar-refractivity contribution in [1.29, 1.82) is 0 Å². The number of hydrogen-bond acceptors (Lipinski definition) is 5. The molecule has 4 rings (SSSR count). The number of carbonyl (C=O) groups is 1. The summed E-state index contributed by atoms with van der Waals surface area (Å²) in [6.07, 6.45) is 2.73. The summed E-state index contributed by atoms with van der Waals surface area (Å²) in [5, 5.41) is 11.8. The highest BCUT2D eigenvalue weighted by atomic mass is 16.2. The number of amides is 1. The molecule has 0 spiro atoms. The summed E-state index contributed by atoms with van der Waals surface area (Å²) in [6.45, 7) is 5.56. The molecule has 27 heavy (non-hydrogen) atoms. The fourth-order valence-corrected chi connectivity index (χ4v) is 4.25. The molecule has 4 heterocycles. The van der Waals surface area contributed by atoms with Gasteiger partial charge >= 0.3 is 5.69 Å². The lowest BCUT2D eigenvalue weighted by Gasteiger charge is -2.32. The van der Waals surface area contributed by atoms with Gasteiger partial charge in [-0.25, -0.2) is 9.48 Å². The molecule has 0 radical (unpaired) electrons. The maximum Gasteiger partial charge on any atom is 0.345 e. The van der Waals surface area contributed by atoms with E-state index in [0.29, 0.717) is 18.8 Å². The third-order valence-electron chi connectivity index (χ3n) is 5.75. The first kappa shape index (κ1) is 18.0. The molecule has 146 valence electrons. The van der Waals surface area contributed by atoms with E-state index in [1.807, 2.05) is 11.8 Å². The zero-order valence-corrected chi connectivity index (χ0v) is 16.2. The van der Waals surface area contributed by atoms with Gasteiger partial charge in [-0.3, -0.25) is 14.5 Å². The Morgan fingerprint density at radius 2 is 2.11 bits per heavy atom. The lowest BCUT2D eigenvalue weighted by molar-refractivity contribution is 0.0695. The molecule has 0 saturated carbocycles. The minimum atomic E-state index is -0.0969. The van der Waals surface area contributed by atoms with E-state index in [1.165, 1.54) is 4.68 Å². The summed E-state index contributed by atoms with van der Waals surface area (Å²) < 4.78 is 3.10. The van der Waals surface area contributed by atoms with Crippen molar-refractivity contribution in [3.8, 4) is 0 Å². The summed E-state index contributed by atoms with van der Waals surface area (Å²) >= 11 is 0. The van der Waals surface area contributed by atoms with Gasteiger partial charge in [0.1, 0.15) is 5.82 Å². The lowest BCUT2D eigenvalue weighted by atomic mass is 9.96. The van der Waals surface area contributed by atoms with Crippen LogP contribution in [0.5, 0.6) is 0 Å².